The van der Waals surface area contributed by atoms with Crippen LogP contribution in [0.1, 0.15) is 36.1 Å². The van der Waals surface area contributed by atoms with Crippen LogP contribution in [-0.4, -0.2) is 25.6 Å². The van der Waals surface area contributed by atoms with E-state index in [0.717, 1.165) is 56.6 Å². The molecule has 0 aliphatic heterocycles. The van der Waals surface area contributed by atoms with E-state index >= 15 is 0 Å². The van der Waals surface area contributed by atoms with Gasteiger partial charge in [0.05, 0.1) is 37.0 Å². The summed E-state index contributed by atoms with van der Waals surface area (Å²) in [6.45, 7) is 12.2. The van der Waals surface area contributed by atoms with Crippen molar-refractivity contribution in [2.45, 2.75) is 41.5 Å². The molecule has 0 aliphatic rings. The third-order valence-electron chi connectivity index (χ3n) is 4.48. The molecule has 0 saturated carbocycles. The van der Waals surface area contributed by atoms with Gasteiger partial charge in [0.25, 0.3) is 0 Å². The fourth-order valence-corrected chi connectivity index (χ4v) is 2.92. The van der Waals surface area contributed by atoms with E-state index in [-0.39, 0.29) is 23.9 Å². The molecule has 0 fully saturated rings. The summed E-state index contributed by atoms with van der Waals surface area (Å²) in [7, 11) is 3.36. The summed E-state index contributed by atoms with van der Waals surface area (Å²) in [5.74, 6) is 1.71. The minimum atomic E-state index is 0. The predicted octanol–water partition coefficient (Wildman–Crippen LogP) is 6.27. The summed E-state index contributed by atoms with van der Waals surface area (Å²) < 4.78 is 10.7. The average molecular weight is 426 g/mol. The van der Waals surface area contributed by atoms with Gasteiger partial charge in [0.2, 0.25) is 0 Å². The quantitative estimate of drug-likeness (QED) is 0.321. The number of hydrogen-bond donors (Lipinski definition) is 0. The van der Waals surface area contributed by atoms with E-state index in [1.165, 1.54) is 0 Å². The zero-order valence-corrected chi connectivity index (χ0v) is 19.3. The van der Waals surface area contributed by atoms with Gasteiger partial charge in [-0.1, -0.05) is 0 Å². The topological polar surface area (TPSA) is 43.2 Å². The molecule has 156 valence electrons. The number of hydrogen-bond acceptors (Lipinski definition) is 4. The summed E-state index contributed by atoms with van der Waals surface area (Å²) in [6, 6.07) is 8.01. The smallest absolute Gasteiger partial charge is 0.119 e. The van der Waals surface area contributed by atoms with E-state index in [9.17, 15) is 0 Å². The summed E-state index contributed by atoms with van der Waals surface area (Å²) in [5, 5.41) is 0. The van der Waals surface area contributed by atoms with Crippen molar-refractivity contribution >= 4 is 22.8 Å². The van der Waals surface area contributed by atoms with Crippen molar-refractivity contribution in [3.8, 4) is 11.5 Å². The first-order valence-electron chi connectivity index (χ1n) is 8.68. The number of rotatable bonds is 5. The number of methoxy groups -OCH3 is 2. The van der Waals surface area contributed by atoms with Gasteiger partial charge >= 0.3 is 0 Å². The Hall–Kier alpha value is -2.13. The standard InChI is InChI=1S/C22H28N2O2.CH3.Ni/c1-13-9-19(25-7)10-14(2)21(13)23-17(5)18(6)24-22-15(3)11-20(26-8)12-16(22)4;;/h9-12H,1-8H3;1H3;/q;-1;. The Balaban J connectivity index is 0.00000364. The Bertz CT molecular complexity index is 767. The molecular weight excluding hydrogens is 395 g/mol. The Labute approximate surface area is 180 Å². The zero-order valence-electron chi connectivity index (χ0n) is 18.3. The average Bonchev–Trinajstić information content (AvgIpc) is 2.60. The Morgan fingerprint density at radius 1 is 0.643 bits per heavy atom. The normalized spacial score (nSPS) is 11.4. The van der Waals surface area contributed by atoms with Crippen molar-refractivity contribution in [2.24, 2.45) is 9.98 Å². The second-order valence-corrected chi connectivity index (χ2v) is 6.61. The van der Waals surface area contributed by atoms with Gasteiger partial charge in [-0.2, -0.15) is 0 Å². The van der Waals surface area contributed by atoms with Crippen LogP contribution in [0.3, 0.4) is 0 Å². The number of aliphatic imine (C=N–C) groups is 2. The molecule has 0 amide bonds. The van der Waals surface area contributed by atoms with Gasteiger partial charge in [-0.15, -0.1) is 0 Å². The maximum absolute atomic E-state index is 5.33. The van der Waals surface area contributed by atoms with Gasteiger partial charge in [0.1, 0.15) is 11.5 Å². The molecule has 0 saturated heterocycles. The van der Waals surface area contributed by atoms with Crippen LogP contribution in [0.25, 0.3) is 0 Å². The van der Waals surface area contributed by atoms with Crippen LogP contribution in [0.15, 0.2) is 34.3 Å². The van der Waals surface area contributed by atoms with Gasteiger partial charge in [0.15, 0.2) is 0 Å². The van der Waals surface area contributed by atoms with Gasteiger partial charge < -0.3 is 16.9 Å². The molecule has 0 aliphatic carbocycles. The molecule has 0 bridgehead atoms. The maximum atomic E-state index is 5.33. The Morgan fingerprint density at radius 2 is 0.893 bits per heavy atom. The van der Waals surface area contributed by atoms with Crippen LogP contribution < -0.4 is 9.47 Å². The van der Waals surface area contributed by atoms with Crippen LogP contribution in [-0.2, 0) is 16.5 Å². The molecule has 0 radical (unpaired) electrons. The first-order valence-corrected chi connectivity index (χ1v) is 8.68. The minimum absolute atomic E-state index is 0. The van der Waals surface area contributed by atoms with Crippen molar-refractivity contribution in [2.75, 3.05) is 14.2 Å². The molecule has 0 heterocycles. The van der Waals surface area contributed by atoms with Crippen LogP contribution in [0.2, 0.25) is 0 Å². The Kier molecular flexibility index (Phi) is 10.2. The van der Waals surface area contributed by atoms with Crippen molar-refractivity contribution in [3.05, 3.63) is 53.9 Å². The summed E-state index contributed by atoms with van der Waals surface area (Å²) in [5.41, 5.74) is 8.10. The van der Waals surface area contributed by atoms with E-state index in [4.69, 9.17) is 19.5 Å². The van der Waals surface area contributed by atoms with Gasteiger partial charge in [0, 0.05) is 16.5 Å². The number of aryl methyl sites for hydroxylation is 4. The number of benzene rings is 2. The van der Waals surface area contributed by atoms with E-state index in [0.29, 0.717) is 0 Å². The van der Waals surface area contributed by atoms with E-state index < -0.39 is 0 Å². The molecule has 0 N–H and O–H groups in total. The van der Waals surface area contributed by atoms with Gasteiger partial charge in [-0.05, 0) is 88.1 Å². The molecule has 0 aromatic heterocycles. The van der Waals surface area contributed by atoms with Crippen LogP contribution >= 0.6 is 0 Å². The number of ether oxygens (including phenoxy) is 2. The molecule has 4 nitrogen and oxygen atoms in total. The molecule has 28 heavy (non-hydrogen) atoms. The zero-order chi connectivity index (χ0) is 19.4. The molecule has 0 spiro atoms. The van der Waals surface area contributed by atoms with Crippen molar-refractivity contribution < 1.29 is 26.0 Å². The second kappa shape index (κ2) is 11.0. The SMILES string of the molecule is COc1cc(C)c(N=C(C)C(C)=Nc2c(C)cc(OC)cc2C)c(C)c1.[CH3-].[Ni]. The fraction of sp³-hybridized carbons (Fsp3) is 0.348. The molecule has 5 heteroatoms. The maximum Gasteiger partial charge on any atom is 0.119 e. The molecule has 0 atom stereocenters. The fourth-order valence-electron chi connectivity index (χ4n) is 2.92. The largest absolute Gasteiger partial charge is 0.497 e. The van der Waals surface area contributed by atoms with Crippen molar-refractivity contribution in [1.82, 2.24) is 0 Å². The molecule has 2 rings (SSSR count). The van der Waals surface area contributed by atoms with Gasteiger partial charge in [-0.3, -0.25) is 9.98 Å². The third-order valence-corrected chi connectivity index (χ3v) is 4.48. The van der Waals surface area contributed by atoms with E-state index in [2.05, 4.69) is 0 Å². The summed E-state index contributed by atoms with van der Waals surface area (Å²) >= 11 is 0. The van der Waals surface area contributed by atoms with Crippen LogP contribution in [0.4, 0.5) is 11.4 Å². The van der Waals surface area contributed by atoms with Gasteiger partial charge in [-0.25, -0.2) is 0 Å². The second-order valence-electron chi connectivity index (χ2n) is 6.61. The summed E-state index contributed by atoms with van der Waals surface area (Å²) in [4.78, 5) is 9.66. The van der Waals surface area contributed by atoms with Crippen molar-refractivity contribution in [3.63, 3.8) is 0 Å². The van der Waals surface area contributed by atoms with Crippen molar-refractivity contribution in [1.29, 1.82) is 0 Å². The first kappa shape index (κ1) is 25.9. The van der Waals surface area contributed by atoms with E-state index in [1.54, 1.807) is 14.2 Å². The monoisotopic (exact) mass is 425 g/mol. The minimum Gasteiger partial charge on any atom is -0.497 e. The molecule has 2 aromatic rings. The van der Waals surface area contributed by atoms with Crippen LogP contribution in [0.5, 0.6) is 11.5 Å². The molecule has 0 unspecified atom stereocenters. The van der Waals surface area contributed by atoms with E-state index in [1.807, 2.05) is 65.8 Å². The first-order chi connectivity index (χ1) is 12.3. The molecular formula is C23H31N2NiO2-. The molecule has 2 aromatic carbocycles. The third kappa shape index (κ3) is 5.94. The number of nitrogens with zero attached hydrogens (tertiary/aromatic N) is 2. The predicted molar refractivity (Wildman–Crippen MR) is 117 cm³/mol. The summed E-state index contributed by atoms with van der Waals surface area (Å²) in [6.07, 6.45) is 0. The Morgan fingerprint density at radius 3 is 1.11 bits per heavy atom. The van der Waals surface area contributed by atoms with Crippen LogP contribution in [0, 0.1) is 35.1 Å².